The van der Waals surface area contributed by atoms with Gasteiger partial charge in [-0.3, -0.25) is 4.79 Å². The lowest BCUT2D eigenvalue weighted by atomic mass is 10.1. The minimum Gasteiger partial charge on any atom is -0.489 e. The summed E-state index contributed by atoms with van der Waals surface area (Å²) in [4.78, 5) is 25.4. The highest BCUT2D eigenvalue weighted by molar-refractivity contribution is 6.02. The number of nitrogens with zero attached hydrogens (tertiary/aromatic N) is 5. The molecule has 2 aromatic carbocycles. The number of benzene rings is 2. The molecule has 0 atom stereocenters. The molecule has 2 heterocycles. The Morgan fingerprint density at radius 1 is 1.12 bits per heavy atom. The second kappa shape index (κ2) is 13.4. The van der Waals surface area contributed by atoms with Gasteiger partial charge in [-0.2, -0.15) is 23.4 Å². The first-order valence-corrected chi connectivity index (χ1v) is 13.7. The minimum atomic E-state index is -4.59. The number of hydrogen-bond acceptors (Lipinski definition) is 9. The Balaban J connectivity index is 1.66. The summed E-state index contributed by atoms with van der Waals surface area (Å²) in [6.07, 6.45) is -2.51. The number of nitrogens with one attached hydrogen (secondary N) is 3. The summed E-state index contributed by atoms with van der Waals surface area (Å²) in [5.74, 6) is -0.251. The summed E-state index contributed by atoms with van der Waals surface area (Å²) in [7, 11) is 0. The van der Waals surface area contributed by atoms with Crippen LogP contribution < -0.4 is 25.6 Å². The van der Waals surface area contributed by atoms with Crippen molar-refractivity contribution < 1.29 is 22.7 Å². The molecule has 1 fully saturated rings. The molecule has 0 radical (unpaired) electrons. The summed E-state index contributed by atoms with van der Waals surface area (Å²) >= 11 is 0. The van der Waals surface area contributed by atoms with Gasteiger partial charge in [0, 0.05) is 31.9 Å². The largest absolute Gasteiger partial charge is 0.489 e. The molecule has 3 N–H and O–H groups in total. The van der Waals surface area contributed by atoms with Crippen molar-refractivity contribution in [2.24, 2.45) is 0 Å². The zero-order valence-electron chi connectivity index (χ0n) is 24.1. The predicted molar refractivity (Wildman–Crippen MR) is 160 cm³/mol. The molecule has 13 heteroatoms. The van der Waals surface area contributed by atoms with E-state index >= 15 is 0 Å². The number of rotatable bonds is 10. The zero-order valence-corrected chi connectivity index (χ0v) is 24.1. The van der Waals surface area contributed by atoms with Crippen LogP contribution in [-0.4, -0.2) is 59.6 Å². The van der Waals surface area contributed by atoms with Crippen molar-refractivity contribution in [2.75, 3.05) is 53.6 Å². The Kier molecular flexibility index (Phi) is 9.72. The Hall–Kier alpha value is -4.83. The topological polar surface area (TPSA) is 118 Å². The van der Waals surface area contributed by atoms with Crippen LogP contribution in [0.2, 0.25) is 0 Å². The number of halogens is 3. The Labute approximate surface area is 248 Å². The number of alkyl halides is 3. The van der Waals surface area contributed by atoms with Crippen molar-refractivity contribution >= 4 is 40.4 Å². The molecular formula is C30H33F3N8O2. The number of anilines is 6. The first kappa shape index (κ1) is 31.1. The number of hydrogen-bond donors (Lipinski definition) is 3. The van der Waals surface area contributed by atoms with Gasteiger partial charge in [0.2, 0.25) is 11.9 Å². The van der Waals surface area contributed by atoms with Gasteiger partial charge in [0.15, 0.2) is 5.82 Å². The van der Waals surface area contributed by atoms with Gasteiger partial charge in [-0.25, -0.2) is 4.98 Å². The van der Waals surface area contributed by atoms with Crippen LogP contribution in [0, 0.1) is 11.3 Å². The third kappa shape index (κ3) is 7.92. The number of ether oxygens (including phenoxy) is 1. The molecule has 0 unspecified atom stereocenters. The van der Waals surface area contributed by atoms with E-state index in [1.807, 2.05) is 18.2 Å². The highest BCUT2D eigenvalue weighted by atomic mass is 19.4. The quantitative estimate of drug-likeness (QED) is 0.246. The first-order valence-electron chi connectivity index (χ1n) is 13.7. The van der Waals surface area contributed by atoms with Gasteiger partial charge in [0.25, 0.3) is 0 Å². The van der Waals surface area contributed by atoms with Crippen molar-refractivity contribution in [2.45, 2.75) is 33.1 Å². The summed E-state index contributed by atoms with van der Waals surface area (Å²) < 4.78 is 46.2. The molecule has 0 bridgehead atoms. The summed E-state index contributed by atoms with van der Waals surface area (Å²) in [5, 5.41) is 18.3. The van der Waals surface area contributed by atoms with E-state index in [0.717, 1.165) is 56.6 Å². The number of nitriles is 1. The van der Waals surface area contributed by atoms with Crippen molar-refractivity contribution in [3.8, 4) is 11.8 Å². The Morgan fingerprint density at radius 2 is 1.86 bits per heavy atom. The van der Waals surface area contributed by atoms with Crippen LogP contribution in [0.5, 0.6) is 5.75 Å². The van der Waals surface area contributed by atoms with Gasteiger partial charge in [-0.05, 0) is 62.9 Å². The molecule has 10 nitrogen and oxygen atoms in total. The van der Waals surface area contributed by atoms with Crippen molar-refractivity contribution in [1.29, 1.82) is 5.26 Å². The average Bonchev–Trinajstić information content (AvgIpc) is 2.98. The molecule has 1 aliphatic heterocycles. The number of likely N-dealkylation sites (N-methyl/N-ethyl adjacent to an activating group) is 1. The van der Waals surface area contributed by atoms with Crippen molar-refractivity contribution in [3.05, 3.63) is 66.4 Å². The molecule has 226 valence electrons. The lowest BCUT2D eigenvalue weighted by Gasteiger charge is -2.35. The number of aromatic nitrogens is 2. The fourth-order valence-corrected chi connectivity index (χ4v) is 4.48. The highest BCUT2D eigenvalue weighted by Crippen LogP contribution is 2.37. The maximum absolute atomic E-state index is 13.5. The smallest absolute Gasteiger partial charge is 0.416 e. The second-order valence-corrected chi connectivity index (χ2v) is 10.0. The molecule has 1 amide bonds. The van der Waals surface area contributed by atoms with E-state index in [9.17, 15) is 23.2 Å². The molecule has 43 heavy (non-hydrogen) atoms. The van der Waals surface area contributed by atoms with Gasteiger partial charge in [0.05, 0.1) is 34.9 Å². The maximum atomic E-state index is 13.5. The molecule has 0 aliphatic carbocycles. The van der Waals surface area contributed by atoms with Crippen LogP contribution in [0.3, 0.4) is 0 Å². The molecule has 1 aliphatic rings. The fraction of sp³-hybridized carbons (Fsp3) is 0.333. The van der Waals surface area contributed by atoms with Crippen molar-refractivity contribution in [3.63, 3.8) is 0 Å². The third-order valence-electron chi connectivity index (χ3n) is 6.71. The molecule has 0 saturated carbocycles. The number of carbonyl (C=O) groups excluding carboxylic acids is 1. The van der Waals surface area contributed by atoms with E-state index in [4.69, 9.17) is 4.74 Å². The van der Waals surface area contributed by atoms with E-state index in [-0.39, 0.29) is 34.9 Å². The van der Waals surface area contributed by atoms with Gasteiger partial charge in [-0.15, -0.1) is 0 Å². The molecular weight excluding hydrogens is 561 g/mol. The first-order chi connectivity index (χ1) is 20.5. The summed E-state index contributed by atoms with van der Waals surface area (Å²) in [6.45, 7) is 13.6. The number of amides is 1. The second-order valence-electron chi connectivity index (χ2n) is 10.0. The number of piperazine rings is 1. The molecule has 3 aromatic rings. The zero-order chi connectivity index (χ0) is 31.1. The standard InChI is InChI=1S/C30H33F3N8O2/c1-5-27(42)36-24-16-22(41-13-11-40(6-2)12-14-41)8-9-23(24)38-29-35-18-20(17-34)28(39-29)37-25-15-21(30(31,32)33)7-10-26(25)43-19(3)4/h5,7-10,15-16,18-19H,1,6,11-14H2,2-4H3,(H,36,42)(H2,35,37,38,39). The summed E-state index contributed by atoms with van der Waals surface area (Å²) in [5.41, 5.74) is 0.927. The van der Waals surface area contributed by atoms with Crippen LogP contribution in [0.15, 0.2) is 55.3 Å². The van der Waals surface area contributed by atoms with Gasteiger partial charge in [0.1, 0.15) is 17.4 Å². The summed E-state index contributed by atoms with van der Waals surface area (Å²) in [6, 6.07) is 10.5. The number of carbonyl (C=O) groups is 1. The van der Waals surface area contributed by atoms with E-state index < -0.39 is 17.6 Å². The molecule has 1 saturated heterocycles. The van der Waals surface area contributed by atoms with Crippen LogP contribution in [-0.2, 0) is 11.0 Å². The van der Waals surface area contributed by atoms with Gasteiger partial charge in [-0.1, -0.05) is 13.5 Å². The van der Waals surface area contributed by atoms with E-state index in [1.54, 1.807) is 19.9 Å². The van der Waals surface area contributed by atoms with Crippen molar-refractivity contribution in [1.82, 2.24) is 14.9 Å². The Morgan fingerprint density at radius 3 is 2.49 bits per heavy atom. The van der Waals surface area contributed by atoms with E-state index in [2.05, 4.69) is 49.2 Å². The normalized spacial score (nSPS) is 13.8. The third-order valence-corrected chi connectivity index (χ3v) is 6.71. The van der Waals surface area contributed by atoms with E-state index in [0.29, 0.717) is 11.4 Å². The lowest BCUT2D eigenvalue weighted by molar-refractivity contribution is -0.137. The SMILES string of the molecule is C=CC(=O)Nc1cc(N2CCN(CC)CC2)ccc1Nc1ncc(C#N)c(Nc2cc(C(F)(F)F)ccc2OC(C)C)n1. The van der Waals surface area contributed by atoms with Crippen LogP contribution in [0.4, 0.5) is 47.7 Å². The predicted octanol–water partition coefficient (Wildman–Crippen LogP) is 5.91. The maximum Gasteiger partial charge on any atom is 0.416 e. The lowest BCUT2D eigenvalue weighted by Crippen LogP contribution is -2.46. The highest BCUT2D eigenvalue weighted by Gasteiger charge is 2.31. The van der Waals surface area contributed by atoms with Crippen LogP contribution in [0.25, 0.3) is 0 Å². The molecule has 0 spiro atoms. The molecule has 4 rings (SSSR count). The van der Waals surface area contributed by atoms with Crippen LogP contribution in [0.1, 0.15) is 31.9 Å². The van der Waals surface area contributed by atoms with Crippen LogP contribution >= 0.6 is 0 Å². The van der Waals surface area contributed by atoms with Gasteiger partial charge < -0.3 is 30.5 Å². The Bertz CT molecular complexity index is 1510. The van der Waals surface area contributed by atoms with E-state index in [1.165, 1.54) is 12.3 Å². The average molecular weight is 595 g/mol. The fourth-order valence-electron chi connectivity index (χ4n) is 4.48. The monoisotopic (exact) mass is 594 g/mol. The van der Waals surface area contributed by atoms with Gasteiger partial charge >= 0.3 is 6.18 Å². The minimum absolute atomic E-state index is 0.000196. The molecule has 1 aromatic heterocycles.